The van der Waals surface area contributed by atoms with Crippen molar-refractivity contribution in [2.24, 2.45) is 0 Å². The molecule has 0 unspecified atom stereocenters. The van der Waals surface area contributed by atoms with Gasteiger partial charge in [0.15, 0.2) is 9.84 Å². The second-order valence-electron chi connectivity index (χ2n) is 4.62. The van der Waals surface area contributed by atoms with Crippen LogP contribution in [0.3, 0.4) is 0 Å². The Morgan fingerprint density at radius 2 is 2.17 bits per heavy atom. The molecule has 18 heavy (non-hydrogen) atoms. The third-order valence-corrected chi connectivity index (χ3v) is 7.86. The van der Waals surface area contributed by atoms with Gasteiger partial charge in [-0.05, 0) is 13.3 Å². The summed E-state index contributed by atoms with van der Waals surface area (Å²) in [6.07, 6.45) is 0.604. The Labute approximate surface area is 117 Å². The number of sulfone groups is 1. The molecular formula is C11H19NO3S3. The van der Waals surface area contributed by atoms with Crippen LogP contribution in [-0.2, 0) is 14.6 Å². The molecule has 0 aliphatic carbocycles. The summed E-state index contributed by atoms with van der Waals surface area (Å²) in [6.45, 7) is 2.55. The van der Waals surface area contributed by atoms with Crippen molar-refractivity contribution in [3.8, 4) is 0 Å². The lowest BCUT2D eigenvalue weighted by atomic mass is 10.2. The first-order chi connectivity index (χ1) is 8.53. The van der Waals surface area contributed by atoms with E-state index < -0.39 is 9.84 Å². The second kappa shape index (κ2) is 6.05. The van der Waals surface area contributed by atoms with Crippen molar-refractivity contribution in [3.05, 3.63) is 0 Å². The van der Waals surface area contributed by atoms with E-state index in [1.807, 2.05) is 18.7 Å². The zero-order valence-electron chi connectivity index (χ0n) is 10.5. The summed E-state index contributed by atoms with van der Waals surface area (Å²) in [4.78, 5) is 14.2. The van der Waals surface area contributed by atoms with Crippen molar-refractivity contribution >= 4 is 39.3 Å². The normalized spacial score (nSPS) is 31.2. The first-order valence-corrected chi connectivity index (χ1v) is 10.3. The van der Waals surface area contributed by atoms with Crippen molar-refractivity contribution in [1.29, 1.82) is 0 Å². The van der Waals surface area contributed by atoms with Crippen LogP contribution in [0.1, 0.15) is 13.3 Å². The molecule has 0 aromatic heterocycles. The summed E-state index contributed by atoms with van der Waals surface area (Å²) >= 11 is 3.53. The predicted molar refractivity (Wildman–Crippen MR) is 78.0 cm³/mol. The van der Waals surface area contributed by atoms with Gasteiger partial charge in [-0.25, -0.2) is 8.42 Å². The van der Waals surface area contributed by atoms with Crippen LogP contribution in [-0.4, -0.2) is 65.8 Å². The van der Waals surface area contributed by atoms with Crippen LogP contribution in [0.5, 0.6) is 0 Å². The monoisotopic (exact) mass is 309 g/mol. The summed E-state index contributed by atoms with van der Waals surface area (Å²) in [6, 6.07) is -0.0972. The standard InChI is InChI=1S/C11H19NO3S3/c1-2-12(9-3-6-18(14,15)8-9)11(13)10-7-16-4-5-17-10/h9-10H,2-8H2,1H3/t9-,10-/m0/s1. The van der Waals surface area contributed by atoms with Gasteiger partial charge >= 0.3 is 0 Å². The van der Waals surface area contributed by atoms with E-state index in [-0.39, 0.29) is 28.7 Å². The fourth-order valence-corrected chi connectivity index (χ4v) is 6.78. The predicted octanol–water partition coefficient (Wildman–Crippen LogP) is 0.871. The van der Waals surface area contributed by atoms with Gasteiger partial charge in [0, 0.05) is 29.8 Å². The molecule has 4 nitrogen and oxygen atoms in total. The number of thioether (sulfide) groups is 2. The summed E-state index contributed by atoms with van der Waals surface area (Å²) < 4.78 is 23.0. The lowest BCUT2D eigenvalue weighted by molar-refractivity contribution is -0.131. The van der Waals surface area contributed by atoms with Gasteiger partial charge in [0.05, 0.1) is 16.8 Å². The lowest BCUT2D eigenvalue weighted by Crippen LogP contribution is -2.46. The number of hydrogen-bond acceptors (Lipinski definition) is 5. The Bertz CT molecular complexity index is 404. The first kappa shape index (κ1) is 14.5. The molecule has 1 amide bonds. The molecule has 0 spiro atoms. The van der Waals surface area contributed by atoms with Crippen molar-refractivity contribution in [2.75, 3.05) is 35.3 Å². The van der Waals surface area contributed by atoms with Gasteiger partial charge in [0.2, 0.25) is 5.91 Å². The quantitative estimate of drug-likeness (QED) is 0.774. The van der Waals surface area contributed by atoms with Gasteiger partial charge in [-0.15, -0.1) is 11.8 Å². The fourth-order valence-electron chi connectivity index (χ4n) is 2.43. The molecule has 0 aromatic carbocycles. The number of nitrogens with zero attached hydrogens (tertiary/aromatic N) is 1. The van der Waals surface area contributed by atoms with Gasteiger partial charge in [0.25, 0.3) is 0 Å². The number of hydrogen-bond donors (Lipinski definition) is 0. The van der Waals surface area contributed by atoms with Gasteiger partial charge in [0.1, 0.15) is 0 Å². The number of amides is 1. The molecule has 2 heterocycles. The summed E-state index contributed by atoms with van der Waals surface area (Å²) in [5, 5.41) is 0.0204. The highest BCUT2D eigenvalue weighted by Crippen LogP contribution is 2.27. The van der Waals surface area contributed by atoms with Crippen LogP contribution >= 0.6 is 23.5 Å². The summed E-state index contributed by atoms with van der Waals surface area (Å²) in [7, 11) is -2.92. The Kier molecular flexibility index (Phi) is 4.88. The number of rotatable bonds is 3. The van der Waals surface area contributed by atoms with Crippen LogP contribution in [0.15, 0.2) is 0 Å². The molecule has 7 heteroatoms. The van der Waals surface area contributed by atoms with E-state index in [1.54, 1.807) is 16.7 Å². The van der Waals surface area contributed by atoms with E-state index in [9.17, 15) is 13.2 Å². The maximum absolute atomic E-state index is 12.4. The minimum Gasteiger partial charge on any atom is -0.338 e. The first-order valence-electron chi connectivity index (χ1n) is 6.24. The highest BCUT2D eigenvalue weighted by Gasteiger charge is 2.36. The van der Waals surface area contributed by atoms with E-state index in [4.69, 9.17) is 0 Å². The minimum atomic E-state index is -2.92. The van der Waals surface area contributed by atoms with Crippen LogP contribution in [0.2, 0.25) is 0 Å². The van der Waals surface area contributed by atoms with E-state index in [2.05, 4.69) is 0 Å². The summed E-state index contributed by atoms with van der Waals surface area (Å²) in [5.41, 5.74) is 0. The number of carbonyl (C=O) groups is 1. The zero-order valence-corrected chi connectivity index (χ0v) is 13.0. The molecule has 0 radical (unpaired) electrons. The van der Waals surface area contributed by atoms with Crippen LogP contribution in [0.25, 0.3) is 0 Å². The second-order valence-corrected chi connectivity index (χ2v) is 9.30. The molecule has 2 rings (SSSR count). The SMILES string of the molecule is CCN(C(=O)[C@@H]1CSCCS1)[C@H]1CCS(=O)(=O)C1. The average Bonchev–Trinajstić information content (AvgIpc) is 2.71. The molecular weight excluding hydrogens is 290 g/mol. The maximum Gasteiger partial charge on any atom is 0.236 e. The van der Waals surface area contributed by atoms with Crippen LogP contribution < -0.4 is 0 Å². The van der Waals surface area contributed by atoms with Crippen molar-refractivity contribution in [2.45, 2.75) is 24.6 Å². The van der Waals surface area contributed by atoms with Gasteiger partial charge in [-0.3, -0.25) is 4.79 Å². The largest absolute Gasteiger partial charge is 0.338 e. The average molecular weight is 309 g/mol. The summed E-state index contributed by atoms with van der Waals surface area (Å²) in [5.74, 6) is 3.50. The Morgan fingerprint density at radius 3 is 2.67 bits per heavy atom. The van der Waals surface area contributed by atoms with Crippen molar-refractivity contribution in [1.82, 2.24) is 4.90 Å². The van der Waals surface area contributed by atoms with E-state index in [1.165, 1.54) is 0 Å². The van der Waals surface area contributed by atoms with Gasteiger partial charge in [-0.2, -0.15) is 11.8 Å². The molecule has 0 aromatic rings. The molecule has 2 atom stereocenters. The van der Waals surface area contributed by atoms with Crippen molar-refractivity contribution < 1.29 is 13.2 Å². The third kappa shape index (κ3) is 3.36. The van der Waals surface area contributed by atoms with Gasteiger partial charge < -0.3 is 4.90 Å². The zero-order chi connectivity index (χ0) is 13.2. The van der Waals surface area contributed by atoms with Crippen molar-refractivity contribution in [3.63, 3.8) is 0 Å². The van der Waals surface area contributed by atoms with E-state index in [0.717, 1.165) is 17.3 Å². The molecule has 0 N–H and O–H groups in total. The Balaban J connectivity index is 2.01. The van der Waals surface area contributed by atoms with Gasteiger partial charge in [-0.1, -0.05) is 0 Å². The molecule has 0 bridgehead atoms. The molecule has 0 saturated carbocycles. The molecule has 2 fully saturated rings. The van der Waals surface area contributed by atoms with E-state index in [0.29, 0.717) is 13.0 Å². The Morgan fingerprint density at radius 1 is 1.39 bits per heavy atom. The van der Waals surface area contributed by atoms with Crippen LogP contribution in [0, 0.1) is 0 Å². The third-order valence-electron chi connectivity index (χ3n) is 3.36. The highest BCUT2D eigenvalue weighted by molar-refractivity contribution is 8.07. The molecule has 2 aliphatic heterocycles. The molecule has 2 aliphatic rings. The fraction of sp³-hybridized carbons (Fsp3) is 0.909. The number of carbonyl (C=O) groups excluding carboxylic acids is 1. The van der Waals surface area contributed by atoms with E-state index >= 15 is 0 Å². The Hall–Kier alpha value is 0.120. The van der Waals surface area contributed by atoms with Crippen LogP contribution in [0.4, 0.5) is 0 Å². The molecule has 104 valence electrons. The maximum atomic E-state index is 12.4. The molecule has 2 saturated heterocycles. The highest BCUT2D eigenvalue weighted by atomic mass is 32.2. The smallest absolute Gasteiger partial charge is 0.236 e. The topological polar surface area (TPSA) is 54.5 Å². The minimum absolute atomic E-state index is 0.0204. The lowest BCUT2D eigenvalue weighted by Gasteiger charge is -2.31.